The molecule has 1 rings (SSSR count). The Hall–Kier alpha value is -0.900. The van der Waals surface area contributed by atoms with Gasteiger partial charge in [0.15, 0.2) is 0 Å². The summed E-state index contributed by atoms with van der Waals surface area (Å²) in [6.45, 7) is 0.379. The zero-order valence-corrected chi connectivity index (χ0v) is 9.02. The normalized spacial score (nSPS) is 11.7. The van der Waals surface area contributed by atoms with Crippen molar-refractivity contribution in [3.05, 3.63) is 35.9 Å². The Labute approximate surface area is 90.3 Å². The first-order chi connectivity index (χ1) is 7.29. The van der Waals surface area contributed by atoms with Crippen molar-refractivity contribution in [3.63, 3.8) is 0 Å². The van der Waals surface area contributed by atoms with E-state index in [1.54, 1.807) is 7.11 Å². The molecular weight excluding hydrogens is 192 g/mol. The molecule has 0 aliphatic rings. The lowest BCUT2D eigenvalue weighted by atomic mass is 9.79. The molecule has 0 aromatic heterocycles. The predicted molar refractivity (Wildman–Crippen MR) is 58.8 cm³/mol. The third kappa shape index (κ3) is 2.78. The molecule has 0 atom stereocenters. The minimum Gasteiger partial charge on any atom is -0.395 e. The van der Waals surface area contributed by atoms with Crippen LogP contribution in [-0.2, 0) is 10.2 Å². The van der Waals surface area contributed by atoms with E-state index < -0.39 is 5.41 Å². The molecule has 0 heterocycles. The van der Waals surface area contributed by atoms with Crippen LogP contribution >= 0.6 is 0 Å². The average molecular weight is 210 g/mol. The van der Waals surface area contributed by atoms with Gasteiger partial charge in [-0.1, -0.05) is 30.3 Å². The first kappa shape index (κ1) is 12.2. The summed E-state index contributed by atoms with van der Waals surface area (Å²) in [7, 11) is 1.62. The van der Waals surface area contributed by atoms with Crippen LogP contribution < -0.4 is 0 Å². The average Bonchev–Trinajstić information content (AvgIpc) is 2.33. The molecule has 0 amide bonds. The first-order valence-electron chi connectivity index (χ1n) is 5.05. The lowest BCUT2D eigenvalue weighted by Crippen LogP contribution is -2.36. The summed E-state index contributed by atoms with van der Waals surface area (Å²) in [5.74, 6) is 0. The maximum Gasteiger partial charge on any atom is 0.0550 e. The van der Waals surface area contributed by atoms with E-state index in [4.69, 9.17) is 4.74 Å². The van der Waals surface area contributed by atoms with E-state index in [2.05, 4.69) is 0 Å². The highest BCUT2D eigenvalue weighted by molar-refractivity contribution is 5.25. The summed E-state index contributed by atoms with van der Waals surface area (Å²) in [6.07, 6.45) is 0.612. The van der Waals surface area contributed by atoms with E-state index in [0.717, 1.165) is 5.56 Å². The van der Waals surface area contributed by atoms with Crippen molar-refractivity contribution in [1.29, 1.82) is 0 Å². The van der Waals surface area contributed by atoms with Gasteiger partial charge in [-0.3, -0.25) is 0 Å². The Morgan fingerprint density at radius 2 is 1.73 bits per heavy atom. The number of hydrogen-bond donors (Lipinski definition) is 2. The summed E-state index contributed by atoms with van der Waals surface area (Å²) in [5.41, 5.74) is 0.365. The number of aliphatic hydroxyl groups is 2. The SMILES string of the molecule is COCCC(CO)(CO)c1ccccc1. The fraction of sp³-hybridized carbons (Fsp3) is 0.500. The van der Waals surface area contributed by atoms with Crippen LogP contribution in [0.3, 0.4) is 0 Å². The molecule has 1 aromatic carbocycles. The van der Waals surface area contributed by atoms with E-state index >= 15 is 0 Å². The highest BCUT2D eigenvalue weighted by Crippen LogP contribution is 2.27. The molecule has 0 saturated heterocycles. The molecule has 0 bridgehead atoms. The second-order valence-corrected chi connectivity index (χ2v) is 3.71. The Kier molecular flexibility index (Phi) is 4.75. The molecule has 0 spiro atoms. The minimum absolute atomic E-state index is 0.0725. The van der Waals surface area contributed by atoms with Crippen LogP contribution in [0.4, 0.5) is 0 Å². The number of aliphatic hydroxyl groups excluding tert-OH is 2. The maximum absolute atomic E-state index is 9.44. The van der Waals surface area contributed by atoms with Gasteiger partial charge in [-0.2, -0.15) is 0 Å². The highest BCUT2D eigenvalue weighted by Gasteiger charge is 2.30. The van der Waals surface area contributed by atoms with E-state index in [-0.39, 0.29) is 13.2 Å². The Morgan fingerprint density at radius 3 is 2.20 bits per heavy atom. The molecule has 0 radical (unpaired) electrons. The fourth-order valence-electron chi connectivity index (χ4n) is 1.62. The Bertz CT molecular complexity index is 267. The topological polar surface area (TPSA) is 49.7 Å². The summed E-state index contributed by atoms with van der Waals surface area (Å²) in [4.78, 5) is 0. The lowest BCUT2D eigenvalue weighted by molar-refractivity contribution is 0.0794. The molecule has 0 unspecified atom stereocenters. The second kappa shape index (κ2) is 5.85. The van der Waals surface area contributed by atoms with E-state index in [0.29, 0.717) is 13.0 Å². The van der Waals surface area contributed by atoms with Gasteiger partial charge in [0.05, 0.1) is 13.2 Å². The van der Waals surface area contributed by atoms with Crippen LogP contribution in [-0.4, -0.2) is 37.1 Å². The van der Waals surface area contributed by atoms with Gasteiger partial charge in [-0.25, -0.2) is 0 Å². The van der Waals surface area contributed by atoms with Crippen LogP contribution in [0.1, 0.15) is 12.0 Å². The number of methoxy groups -OCH3 is 1. The molecule has 0 fully saturated rings. The highest BCUT2D eigenvalue weighted by atomic mass is 16.5. The second-order valence-electron chi connectivity index (χ2n) is 3.71. The predicted octanol–water partition coefficient (Wildman–Crippen LogP) is 0.946. The molecule has 3 heteroatoms. The summed E-state index contributed by atoms with van der Waals surface area (Å²) in [5, 5.41) is 18.9. The van der Waals surface area contributed by atoms with Gasteiger partial charge in [0.1, 0.15) is 0 Å². The minimum atomic E-state index is -0.586. The van der Waals surface area contributed by atoms with Crippen LogP contribution in [0, 0.1) is 0 Å². The summed E-state index contributed by atoms with van der Waals surface area (Å²) in [6, 6.07) is 9.56. The van der Waals surface area contributed by atoms with Gasteiger partial charge in [-0.05, 0) is 12.0 Å². The molecule has 1 aromatic rings. The number of rotatable bonds is 6. The third-order valence-corrected chi connectivity index (χ3v) is 2.78. The van der Waals surface area contributed by atoms with E-state index in [9.17, 15) is 10.2 Å². The van der Waals surface area contributed by atoms with Gasteiger partial charge in [0.25, 0.3) is 0 Å². The van der Waals surface area contributed by atoms with Crippen molar-refractivity contribution in [2.45, 2.75) is 11.8 Å². The molecule has 84 valence electrons. The monoisotopic (exact) mass is 210 g/mol. The summed E-state index contributed by atoms with van der Waals surface area (Å²) >= 11 is 0. The molecule has 0 aliphatic heterocycles. The molecule has 3 nitrogen and oxygen atoms in total. The van der Waals surface area contributed by atoms with Gasteiger partial charge in [-0.15, -0.1) is 0 Å². The van der Waals surface area contributed by atoms with E-state index in [1.165, 1.54) is 0 Å². The number of hydrogen-bond acceptors (Lipinski definition) is 3. The molecule has 15 heavy (non-hydrogen) atoms. The zero-order valence-electron chi connectivity index (χ0n) is 9.02. The van der Waals surface area contributed by atoms with Crippen molar-refractivity contribution in [3.8, 4) is 0 Å². The van der Waals surface area contributed by atoms with Crippen molar-refractivity contribution in [1.82, 2.24) is 0 Å². The number of ether oxygens (including phenoxy) is 1. The van der Waals surface area contributed by atoms with E-state index in [1.807, 2.05) is 30.3 Å². The van der Waals surface area contributed by atoms with Gasteiger partial charge < -0.3 is 14.9 Å². The number of benzene rings is 1. The molecular formula is C12H18O3. The molecule has 0 aliphatic carbocycles. The Balaban J connectivity index is 2.89. The van der Waals surface area contributed by atoms with Crippen LogP contribution in [0.5, 0.6) is 0 Å². The van der Waals surface area contributed by atoms with Gasteiger partial charge >= 0.3 is 0 Å². The molecule has 2 N–H and O–H groups in total. The maximum atomic E-state index is 9.44. The Morgan fingerprint density at radius 1 is 1.13 bits per heavy atom. The van der Waals surface area contributed by atoms with Crippen molar-refractivity contribution < 1.29 is 14.9 Å². The lowest BCUT2D eigenvalue weighted by Gasteiger charge is -2.30. The van der Waals surface area contributed by atoms with Crippen molar-refractivity contribution in [2.75, 3.05) is 26.9 Å². The smallest absolute Gasteiger partial charge is 0.0550 e. The van der Waals surface area contributed by atoms with Gasteiger partial charge in [0.2, 0.25) is 0 Å². The molecule has 0 saturated carbocycles. The quantitative estimate of drug-likeness (QED) is 0.735. The van der Waals surface area contributed by atoms with Crippen molar-refractivity contribution in [2.24, 2.45) is 0 Å². The third-order valence-electron chi connectivity index (χ3n) is 2.78. The van der Waals surface area contributed by atoms with Crippen LogP contribution in [0.25, 0.3) is 0 Å². The first-order valence-corrected chi connectivity index (χ1v) is 5.05. The van der Waals surface area contributed by atoms with Crippen LogP contribution in [0.15, 0.2) is 30.3 Å². The van der Waals surface area contributed by atoms with Gasteiger partial charge in [0, 0.05) is 19.1 Å². The zero-order chi connectivity index (χ0) is 11.1. The van der Waals surface area contributed by atoms with Crippen molar-refractivity contribution >= 4 is 0 Å². The summed E-state index contributed by atoms with van der Waals surface area (Å²) < 4.78 is 5.00. The fourth-order valence-corrected chi connectivity index (χ4v) is 1.62. The van der Waals surface area contributed by atoms with Crippen LogP contribution in [0.2, 0.25) is 0 Å². The largest absolute Gasteiger partial charge is 0.395 e. The standard InChI is InChI=1S/C12H18O3/c1-15-8-7-12(9-13,10-14)11-5-3-2-4-6-11/h2-6,13-14H,7-10H2,1H3.